The van der Waals surface area contributed by atoms with E-state index in [0.717, 1.165) is 0 Å². The molecule has 0 aliphatic carbocycles. The lowest BCUT2D eigenvalue weighted by Crippen LogP contribution is -2.28. The molecule has 1 unspecified atom stereocenters. The zero-order valence-corrected chi connectivity index (χ0v) is 10.2. The molecule has 0 fully saturated rings. The number of hydrazine groups is 1. The SMILES string of the molecule is CCOC(=O)C(C)Nc1cc(NN)nc(C)n1. The van der Waals surface area contributed by atoms with Gasteiger partial charge in [-0.1, -0.05) is 0 Å². The molecule has 1 rings (SSSR count). The molecule has 0 saturated carbocycles. The Hall–Kier alpha value is -1.89. The maximum Gasteiger partial charge on any atom is 0.328 e. The summed E-state index contributed by atoms with van der Waals surface area (Å²) in [5, 5.41) is 2.92. The molecule has 0 spiro atoms. The van der Waals surface area contributed by atoms with E-state index in [1.807, 2.05) is 0 Å². The summed E-state index contributed by atoms with van der Waals surface area (Å²) in [6.45, 7) is 5.55. The number of carbonyl (C=O) groups is 1. The highest BCUT2D eigenvalue weighted by Crippen LogP contribution is 2.11. The summed E-state index contributed by atoms with van der Waals surface area (Å²) in [5.74, 6) is 6.50. The first-order valence-electron chi connectivity index (χ1n) is 5.32. The molecule has 0 bridgehead atoms. The smallest absolute Gasteiger partial charge is 0.328 e. The van der Waals surface area contributed by atoms with E-state index in [0.29, 0.717) is 24.1 Å². The number of nitrogens with two attached hydrogens (primary N) is 1. The fourth-order valence-electron chi connectivity index (χ4n) is 1.26. The average Bonchev–Trinajstić information content (AvgIpc) is 2.28. The minimum Gasteiger partial charge on any atom is -0.464 e. The van der Waals surface area contributed by atoms with E-state index in [4.69, 9.17) is 10.6 Å². The lowest BCUT2D eigenvalue weighted by atomic mass is 10.3. The van der Waals surface area contributed by atoms with Gasteiger partial charge in [-0.25, -0.2) is 20.6 Å². The summed E-state index contributed by atoms with van der Waals surface area (Å²) < 4.78 is 4.88. The van der Waals surface area contributed by atoms with Crippen LogP contribution in [0.3, 0.4) is 0 Å². The number of nitrogens with one attached hydrogen (secondary N) is 2. The van der Waals surface area contributed by atoms with E-state index in [-0.39, 0.29) is 5.97 Å². The number of aromatic nitrogens is 2. The highest BCUT2D eigenvalue weighted by atomic mass is 16.5. The monoisotopic (exact) mass is 239 g/mol. The molecule has 1 aromatic rings. The topological polar surface area (TPSA) is 102 Å². The molecule has 0 aromatic carbocycles. The number of ether oxygens (including phenoxy) is 1. The number of nitrogen functional groups attached to an aromatic ring is 1. The molecule has 17 heavy (non-hydrogen) atoms. The summed E-state index contributed by atoms with van der Waals surface area (Å²) in [5.41, 5.74) is 2.43. The normalized spacial score (nSPS) is 11.8. The van der Waals surface area contributed by atoms with Crippen molar-refractivity contribution in [3.05, 3.63) is 11.9 Å². The van der Waals surface area contributed by atoms with Crippen LogP contribution in [0, 0.1) is 6.92 Å². The number of carbonyl (C=O) groups excluding carboxylic acids is 1. The van der Waals surface area contributed by atoms with E-state index in [1.165, 1.54) is 0 Å². The van der Waals surface area contributed by atoms with Crippen LogP contribution in [-0.2, 0) is 9.53 Å². The third-order valence-corrected chi connectivity index (χ3v) is 1.99. The van der Waals surface area contributed by atoms with E-state index < -0.39 is 6.04 Å². The highest BCUT2D eigenvalue weighted by Gasteiger charge is 2.14. The van der Waals surface area contributed by atoms with Crippen LogP contribution in [0.5, 0.6) is 0 Å². The molecule has 7 nitrogen and oxygen atoms in total. The molecular formula is C10H17N5O2. The maximum absolute atomic E-state index is 11.4. The molecular weight excluding hydrogens is 222 g/mol. The van der Waals surface area contributed by atoms with Crippen molar-refractivity contribution in [3.8, 4) is 0 Å². The van der Waals surface area contributed by atoms with Crippen LogP contribution in [0.25, 0.3) is 0 Å². The van der Waals surface area contributed by atoms with Gasteiger partial charge in [-0.2, -0.15) is 0 Å². The number of rotatable bonds is 5. The van der Waals surface area contributed by atoms with Gasteiger partial charge in [0, 0.05) is 6.07 Å². The second-order valence-corrected chi connectivity index (χ2v) is 3.45. The lowest BCUT2D eigenvalue weighted by molar-refractivity contribution is -0.143. The standard InChI is InChI=1S/C10H17N5O2/c1-4-17-10(16)6(2)12-8-5-9(15-11)14-7(3)13-8/h5-6H,4,11H2,1-3H3,(H2,12,13,14,15). The van der Waals surface area contributed by atoms with Crippen molar-refractivity contribution in [2.45, 2.75) is 26.8 Å². The molecule has 0 radical (unpaired) electrons. The predicted molar refractivity (Wildman–Crippen MR) is 64.3 cm³/mol. The molecule has 1 heterocycles. The van der Waals surface area contributed by atoms with Crippen molar-refractivity contribution in [2.75, 3.05) is 17.3 Å². The largest absolute Gasteiger partial charge is 0.464 e. The minimum atomic E-state index is -0.477. The first-order chi connectivity index (χ1) is 8.06. The van der Waals surface area contributed by atoms with Crippen molar-refractivity contribution >= 4 is 17.6 Å². The highest BCUT2D eigenvalue weighted by molar-refractivity contribution is 5.78. The Labute approximate surface area is 99.7 Å². The van der Waals surface area contributed by atoms with Gasteiger partial charge in [0.2, 0.25) is 0 Å². The zero-order valence-electron chi connectivity index (χ0n) is 10.2. The quantitative estimate of drug-likeness (QED) is 0.389. The molecule has 4 N–H and O–H groups in total. The second kappa shape index (κ2) is 6.00. The molecule has 1 atom stereocenters. The third-order valence-electron chi connectivity index (χ3n) is 1.99. The van der Waals surface area contributed by atoms with Crippen LogP contribution in [0.2, 0.25) is 0 Å². The first-order valence-corrected chi connectivity index (χ1v) is 5.32. The van der Waals surface area contributed by atoms with Gasteiger partial charge in [-0.15, -0.1) is 0 Å². The number of hydrogen-bond donors (Lipinski definition) is 3. The molecule has 1 aromatic heterocycles. The summed E-state index contributed by atoms with van der Waals surface area (Å²) in [6, 6.07) is 1.14. The van der Waals surface area contributed by atoms with Crippen molar-refractivity contribution in [1.82, 2.24) is 9.97 Å². The van der Waals surface area contributed by atoms with Crippen molar-refractivity contribution < 1.29 is 9.53 Å². The maximum atomic E-state index is 11.4. The fraction of sp³-hybridized carbons (Fsp3) is 0.500. The van der Waals surface area contributed by atoms with Gasteiger partial charge in [0.15, 0.2) is 0 Å². The first kappa shape index (κ1) is 13.2. The number of nitrogens with zero attached hydrogens (tertiary/aromatic N) is 2. The molecule has 0 amide bonds. The van der Waals surface area contributed by atoms with Gasteiger partial charge >= 0.3 is 5.97 Å². The third kappa shape index (κ3) is 3.87. The van der Waals surface area contributed by atoms with E-state index in [2.05, 4.69) is 20.7 Å². The van der Waals surface area contributed by atoms with Gasteiger partial charge in [-0.05, 0) is 20.8 Å². The van der Waals surface area contributed by atoms with E-state index in [9.17, 15) is 4.79 Å². The van der Waals surface area contributed by atoms with Gasteiger partial charge in [0.25, 0.3) is 0 Å². The van der Waals surface area contributed by atoms with Crippen LogP contribution in [-0.4, -0.2) is 28.6 Å². The average molecular weight is 239 g/mol. The van der Waals surface area contributed by atoms with Crippen molar-refractivity contribution in [3.63, 3.8) is 0 Å². The lowest BCUT2D eigenvalue weighted by Gasteiger charge is -2.14. The summed E-state index contributed by atoms with van der Waals surface area (Å²) >= 11 is 0. The molecule has 0 saturated heterocycles. The summed E-state index contributed by atoms with van der Waals surface area (Å²) in [4.78, 5) is 19.6. The van der Waals surface area contributed by atoms with Crippen molar-refractivity contribution in [1.29, 1.82) is 0 Å². The van der Waals surface area contributed by atoms with E-state index >= 15 is 0 Å². The fourth-order valence-corrected chi connectivity index (χ4v) is 1.26. The number of anilines is 2. The van der Waals surface area contributed by atoms with Crippen molar-refractivity contribution in [2.24, 2.45) is 5.84 Å². The Kier molecular flexibility index (Phi) is 4.65. The molecule has 94 valence electrons. The van der Waals surface area contributed by atoms with Gasteiger partial charge < -0.3 is 15.5 Å². The Bertz CT molecular complexity index is 396. The van der Waals surface area contributed by atoms with Crippen LogP contribution in [0.1, 0.15) is 19.7 Å². The number of aryl methyl sites for hydroxylation is 1. The Balaban J connectivity index is 2.73. The summed E-state index contributed by atoms with van der Waals surface area (Å²) in [6.07, 6.45) is 0. The molecule has 7 heteroatoms. The second-order valence-electron chi connectivity index (χ2n) is 3.45. The van der Waals surface area contributed by atoms with Crippen LogP contribution in [0.4, 0.5) is 11.6 Å². The van der Waals surface area contributed by atoms with Crippen LogP contribution >= 0.6 is 0 Å². The van der Waals surface area contributed by atoms with E-state index in [1.54, 1.807) is 26.8 Å². The van der Waals surface area contributed by atoms with Crippen LogP contribution < -0.4 is 16.6 Å². The Morgan fingerprint density at radius 3 is 2.76 bits per heavy atom. The van der Waals surface area contributed by atoms with Crippen LogP contribution in [0.15, 0.2) is 6.07 Å². The zero-order chi connectivity index (χ0) is 12.8. The Morgan fingerprint density at radius 2 is 2.18 bits per heavy atom. The number of hydrogen-bond acceptors (Lipinski definition) is 7. The summed E-state index contributed by atoms with van der Waals surface area (Å²) in [7, 11) is 0. The van der Waals surface area contributed by atoms with Gasteiger partial charge in [0.05, 0.1) is 6.61 Å². The minimum absolute atomic E-state index is 0.328. The van der Waals surface area contributed by atoms with Gasteiger partial charge in [-0.3, -0.25) is 0 Å². The number of esters is 1. The Morgan fingerprint density at radius 1 is 1.53 bits per heavy atom. The van der Waals surface area contributed by atoms with Gasteiger partial charge in [0.1, 0.15) is 23.5 Å². The predicted octanol–water partition coefficient (Wildman–Crippen LogP) is 0.434. The molecule has 0 aliphatic rings. The molecule has 0 aliphatic heterocycles.